The van der Waals surface area contributed by atoms with Crippen molar-refractivity contribution in [2.75, 3.05) is 18.4 Å². The van der Waals surface area contributed by atoms with Gasteiger partial charge in [0.2, 0.25) is 0 Å². The Morgan fingerprint density at radius 1 is 0.926 bits per heavy atom. The fraction of sp³-hybridized carbons (Fsp3) is 0.190. The summed E-state index contributed by atoms with van der Waals surface area (Å²) in [6.45, 7) is 1.26. The Kier molecular flexibility index (Phi) is 4.98. The van der Waals surface area contributed by atoms with E-state index in [0.29, 0.717) is 30.1 Å². The molecule has 1 N–H and O–H groups in total. The van der Waals surface area contributed by atoms with E-state index < -0.39 is 0 Å². The molecule has 27 heavy (non-hydrogen) atoms. The standard InChI is InChI=1S/C21H19N3O2S/c25-19(22-16-9-5-2-6-10-16)20-23-17-11-13-24(14-12-18(17)27-20)21(26)15-7-3-1-4-8-15/h1-10H,11-14H2,(H,22,25). The van der Waals surface area contributed by atoms with Crippen LogP contribution in [-0.4, -0.2) is 34.8 Å². The van der Waals surface area contributed by atoms with Crippen LogP contribution in [0.4, 0.5) is 5.69 Å². The predicted molar refractivity (Wildman–Crippen MR) is 106 cm³/mol. The Bertz CT molecular complexity index is 929. The Labute approximate surface area is 161 Å². The van der Waals surface area contributed by atoms with Crippen LogP contribution in [0.2, 0.25) is 0 Å². The van der Waals surface area contributed by atoms with Gasteiger partial charge in [0.1, 0.15) is 0 Å². The third kappa shape index (κ3) is 3.90. The predicted octanol–water partition coefficient (Wildman–Crippen LogP) is 3.64. The summed E-state index contributed by atoms with van der Waals surface area (Å²) < 4.78 is 0. The molecular weight excluding hydrogens is 358 g/mol. The van der Waals surface area contributed by atoms with Crippen LogP contribution < -0.4 is 5.32 Å². The molecule has 0 atom stereocenters. The van der Waals surface area contributed by atoms with E-state index in [1.54, 1.807) is 0 Å². The first-order chi connectivity index (χ1) is 13.2. The van der Waals surface area contributed by atoms with Crippen molar-refractivity contribution >= 4 is 28.8 Å². The second-order valence-corrected chi connectivity index (χ2v) is 7.45. The van der Waals surface area contributed by atoms with Crippen molar-refractivity contribution < 1.29 is 9.59 Å². The maximum atomic E-state index is 12.6. The number of anilines is 1. The molecule has 0 saturated carbocycles. The number of hydrogen-bond donors (Lipinski definition) is 1. The van der Waals surface area contributed by atoms with Gasteiger partial charge in [-0.05, 0) is 24.3 Å². The first kappa shape index (κ1) is 17.4. The summed E-state index contributed by atoms with van der Waals surface area (Å²) in [7, 11) is 0. The first-order valence-corrected chi connectivity index (χ1v) is 9.71. The number of thiazole rings is 1. The molecule has 1 aromatic heterocycles. The molecule has 1 aliphatic rings. The summed E-state index contributed by atoms with van der Waals surface area (Å²) in [4.78, 5) is 32.6. The number of carbonyl (C=O) groups excluding carboxylic acids is 2. The number of nitrogens with zero attached hydrogens (tertiary/aromatic N) is 2. The van der Waals surface area contributed by atoms with E-state index in [2.05, 4.69) is 10.3 Å². The molecule has 4 rings (SSSR count). The number of amides is 2. The Morgan fingerprint density at radius 3 is 2.33 bits per heavy atom. The van der Waals surface area contributed by atoms with E-state index in [0.717, 1.165) is 22.7 Å². The van der Waals surface area contributed by atoms with Gasteiger partial charge in [0, 0.05) is 42.1 Å². The van der Waals surface area contributed by atoms with Gasteiger partial charge in [-0.15, -0.1) is 11.3 Å². The summed E-state index contributed by atoms with van der Waals surface area (Å²) in [6, 6.07) is 18.7. The van der Waals surface area contributed by atoms with E-state index in [1.807, 2.05) is 65.6 Å². The van der Waals surface area contributed by atoms with Crippen molar-refractivity contribution in [3.05, 3.63) is 81.8 Å². The van der Waals surface area contributed by atoms with E-state index in [4.69, 9.17) is 0 Å². The van der Waals surface area contributed by atoms with Gasteiger partial charge in [-0.2, -0.15) is 0 Å². The topological polar surface area (TPSA) is 62.3 Å². The van der Waals surface area contributed by atoms with Crippen molar-refractivity contribution in [2.24, 2.45) is 0 Å². The number of aromatic nitrogens is 1. The van der Waals surface area contributed by atoms with Crippen molar-refractivity contribution in [1.82, 2.24) is 9.88 Å². The van der Waals surface area contributed by atoms with Crippen molar-refractivity contribution in [3.8, 4) is 0 Å². The number of benzene rings is 2. The minimum absolute atomic E-state index is 0.0489. The fourth-order valence-corrected chi connectivity index (χ4v) is 4.12. The lowest BCUT2D eigenvalue weighted by Crippen LogP contribution is -2.33. The highest BCUT2D eigenvalue weighted by atomic mass is 32.1. The molecule has 3 aromatic rings. The summed E-state index contributed by atoms with van der Waals surface area (Å²) in [5, 5.41) is 3.35. The zero-order chi connectivity index (χ0) is 18.6. The monoisotopic (exact) mass is 377 g/mol. The molecule has 2 aromatic carbocycles. The largest absolute Gasteiger partial charge is 0.338 e. The molecule has 6 heteroatoms. The molecule has 0 fully saturated rings. The van der Waals surface area contributed by atoms with Crippen LogP contribution in [0.5, 0.6) is 0 Å². The third-order valence-electron chi connectivity index (χ3n) is 4.54. The van der Waals surface area contributed by atoms with Crippen LogP contribution in [0.3, 0.4) is 0 Å². The van der Waals surface area contributed by atoms with Gasteiger partial charge in [0.15, 0.2) is 5.01 Å². The Hall–Kier alpha value is -2.99. The van der Waals surface area contributed by atoms with E-state index in [-0.39, 0.29) is 11.8 Å². The molecule has 2 amide bonds. The highest BCUT2D eigenvalue weighted by molar-refractivity contribution is 7.13. The summed E-state index contributed by atoms with van der Waals surface area (Å²) >= 11 is 1.42. The quantitative estimate of drug-likeness (QED) is 0.758. The number of fused-ring (bicyclic) bond motifs is 1. The molecule has 5 nitrogen and oxygen atoms in total. The second kappa shape index (κ2) is 7.72. The maximum Gasteiger partial charge on any atom is 0.284 e. The number of nitrogens with one attached hydrogen (secondary N) is 1. The minimum atomic E-state index is -0.184. The zero-order valence-corrected chi connectivity index (χ0v) is 15.5. The summed E-state index contributed by atoms with van der Waals surface area (Å²) in [6.07, 6.45) is 1.40. The molecule has 136 valence electrons. The van der Waals surface area contributed by atoms with Crippen LogP contribution in [0.25, 0.3) is 0 Å². The van der Waals surface area contributed by atoms with Crippen molar-refractivity contribution in [2.45, 2.75) is 12.8 Å². The molecule has 0 aliphatic carbocycles. The lowest BCUT2D eigenvalue weighted by atomic mass is 10.2. The average molecular weight is 377 g/mol. The Balaban J connectivity index is 1.44. The molecular formula is C21H19N3O2S. The number of para-hydroxylation sites is 1. The van der Waals surface area contributed by atoms with E-state index >= 15 is 0 Å². The SMILES string of the molecule is O=C(Nc1ccccc1)c1nc2c(s1)CCN(C(=O)c1ccccc1)CC2. The minimum Gasteiger partial charge on any atom is -0.338 e. The van der Waals surface area contributed by atoms with Gasteiger partial charge in [0.05, 0.1) is 5.69 Å². The smallest absolute Gasteiger partial charge is 0.284 e. The summed E-state index contributed by atoms with van der Waals surface area (Å²) in [5.41, 5.74) is 2.40. The molecule has 2 heterocycles. The fourth-order valence-electron chi connectivity index (χ4n) is 3.13. The van der Waals surface area contributed by atoms with Crippen LogP contribution in [-0.2, 0) is 12.8 Å². The third-order valence-corrected chi connectivity index (χ3v) is 5.70. The lowest BCUT2D eigenvalue weighted by Gasteiger charge is -2.20. The van der Waals surface area contributed by atoms with Crippen LogP contribution in [0.15, 0.2) is 60.7 Å². The molecule has 0 saturated heterocycles. The molecule has 0 bridgehead atoms. The van der Waals surface area contributed by atoms with Crippen LogP contribution in [0.1, 0.15) is 30.7 Å². The van der Waals surface area contributed by atoms with Gasteiger partial charge < -0.3 is 10.2 Å². The highest BCUT2D eigenvalue weighted by Crippen LogP contribution is 2.24. The zero-order valence-electron chi connectivity index (χ0n) is 14.7. The maximum absolute atomic E-state index is 12.6. The number of carbonyl (C=O) groups is 2. The summed E-state index contributed by atoms with van der Waals surface area (Å²) in [5.74, 6) is -0.135. The van der Waals surface area contributed by atoms with Gasteiger partial charge in [-0.3, -0.25) is 9.59 Å². The number of rotatable bonds is 3. The van der Waals surface area contributed by atoms with Gasteiger partial charge in [-0.25, -0.2) is 4.98 Å². The second-order valence-electron chi connectivity index (χ2n) is 6.37. The molecule has 0 unspecified atom stereocenters. The van der Waals surface area contributed by atoms with Crippen molar-refractivity contribution in [1.29, 1.82) is 0 Å². The molecule has 0 radical (unpaired) electrons. The first-order valence-electron chi connectivity index (χ1n) is 8.90. The van der Waals surface area contributed by atoms with E-state index in [9.17, 15) is 9.59 Å². The normalized spacial score (nSPS) is 13.6. The molecule has 0 spiro atoms. The van der Waals surface area contributed by atoms with Gasteiger partial charge in [-0.1, -0.05) is 36.4 Å². The van der Waals surface area contributed by atoms with Crippen LogP contribution >= 0.6 is 11.3 Å². The average Bonchev–Trinajstić information content (AvgIpc) is 3.02. The van der Waals surface area contributed by atoms with Gasteiger partial charge in [0.25, 0.3) is 11.8 Å². The number of hydrogen-bond acceptors (Lipinski definition) is 4. The van der Waals surface area contributed by atoms with Crippen LogP contribution in [0, 0.1) is 0 Å². The van der Waals surface area contributed by atoms with Crippen molar-refractivity contribution in [3.63, 3.8) is 0 Å². The Morgan fingerprint density at radius 2 is 1.59 bits per heavy atom. The highest BCUT2D eigenvalue weighted by Gasteiger charge is 2.24. The lowest BCUT2D eigenvalue weighted by molar-refractivity contribution is 0.0762. The van der Waals surface area contributed by atoms with E-state index in [1.165, 1.54) is 11.3 Å². The van der Waals surface area contributed by atoms with Gasteiger partial charge >= 0.3 is 0 Å². The molecule has 1 aliphatic heterocycles.